The van der Waals surface area contributed by atoms with E-state index in [1.165, 1.54) is 0 Å². The number of nitrogens with two attached hydrogens (primary N) is 1. The quantitative estimate of drug-likeness (QED) is 0.729. The van der Waals surface area contributed by atoms with Crippen LogP contribution in [-0.4, -0.2) is 37.3 Å². The Bertz CT molecular complexity index is 488. The second kappa shape index (κ2) is 6.13. The normalized spacial score (nSPS) is 22.4. The van der Waals surface area contributed by atoms with Crippen LogP contribution in [0.5, 0.6) is 0 Å². The Kier molecular flexibility index (Phi) is 4.49. The minimum atomic E-state index is -0.439. The number of nitrogens with zero attached hydrogens (tertiary/aromatic N) is 1. The molecule has 1 aromatic rings. The highest BCUT2D eigenvalue weighted by atomic mass is 16.3. The van der Waals surface area contributed by atoms with Crippen LogP contribution in [0.3, 0.4) is 0 Å². The summed E-state index contributed by atoms with van der Waals surface area (Å²) in [4.78, 5) is 14.1. The molecule has 1 aliphatic rings. The number of aliphatic hydroxyl groups excluding tert-OH is 1. The van der Waals surface area contributed by atoms with Crippen molar-refractivity contribution in [2.24, 2.45) is 0 Å². The maximum atomic E-state index is 12.2. The number of amides is 1. The van der Waals surface area contributed by atoms with Crippen molar-refractivity contribution in [1.29, 1.82) is 0 Å². The summed E-state index contributed by atoms with van der Waals surface area (Å²) in [6.45, 7) is 0. The number of benzene rings is 1. The molecule has 1 amide bonds. The lowest BCUT2D eigenvalue weighted by molar-refractivity contribution is 0.0717. The SMILES string of the molecule is CN(C)c1ccc(C(=O)N[C@H]2CCCC[C@@H]2O)cc1N. The molecule has 4 N–H and O–H groups in total. The van der Waals surface area contributed by atoms with Gasteiger partial charge in [0, 0.05) is 19.7 Å². The zero-order chi connectivity index (χ0) is 14.7. The monoisotopic (exact) mass is 277 g/mol. The highest BCUT2D eigenvalue weighted by molar-refractivity contribution is 5.96. The molecule has 1 saturated carbocycles. The van der Waals surface area contributed by atoms with Crippen molar-refractivity contribution in [3.8, 4) is 0 Å². The number of hydrogen-bond donors (Lipinski definition) is 3. The van der Waals surface area contributed by atoms with Gasteiger partial charge in [-0.1, -0.05) is 12.8 Å². The molecular formula is C15H23N3O2. The topological polar surface area (TPSA) is 78.6 Å². The Morgan fingerprint density at radius 3 is 2.65 bits per heavy atom. The van der Waals surface area contributed by atoms with Crippen LogP contribution in [0, 0.1) is 0 Å². The Hall–Kier alpha value is -1.75. The summed E-state index contributed by atoms with van der Waals surface area (Å²) in [5.41, 5.74) is 7.95. The summed E-state index contributed by atoms with van der Waals surface area (Å²) in [6.07, 6.45) is 3.22. The van der Waals surface area contributed by atoms with Crippen LogP contribution in [0.25, 0.3) is 0 Å². The van der Waals surface area contributed by atoms with E-state index in [0.717, 1.165) is 31.4 Å². The van der Waals surface area contributed by atoms with Crippen molar-refractivity contribution in [2.45, 2.75) is 37.8 Å². The number of rotatable bonds is 3. The second-order valence-electron chi connectivity index (χ2n) is 5.60. The van der Waals surface area contributed by atoms with Gasteiger partial charge in [0.25, 0.3) is 5.91 Å². The predicted octanol–water partition coefficient (Wildman–Crippen LogP) is 1.37. The van der Waals surface area contributed by atoms with Crippen LogP contribution in [-0.2, 0) is 0 Å². The van der Waals surface area contributed by atoms with Gasteiger partial charge in [0.15, 0.2) is 0 Å². The first-order valence-corrected chi connectivity index (χ1v) is 7.05. The first kappa shape index (κ1) is 14.7. The van der Waals surface area contributed by atoms with Gasteiger partial charge in [0.2, 0.25) is 0 Å². The molecule has 0 radical (unpaired) electrons. The minimum absolute atomic E-state index is 0.147. The lowest BCUT2D eigenvalue weighted by Gasteiger charge is -2.28. The maximum absolute atomic E-state index is 12.2. The van der Waals surface area contributed by atoms with Gasteiger partial charge in [-0.3, -0.25) is 4.79 Å². The first-order valence-electron chi connectivity index (χ1n) is 7.05. The van der Waals surface area contributed by atoms with Crippen LogP contribution in [0.15, 0.2) is 18.2 Å². The average molecular weight is 277 g/mol. The fourth-order valence-corrected chi connectivity index (χ4v) is 2.63. The molecule has 0 aliphatic heterocycles. The fraction of sp³-hybridized carbons (Fsp3) is 0.533. The minimum Gasteiger partial charge on any atom is -0.397 e. The molecule has 0 heterocycles. The fourth-order valence-electron chi connectivity index (χ4n) is 2.63. The van der Waals surface area contributed by atoms with Crippen LogP contribution < -0.4 is 16.0 Å². The number of carbonyl (C=O) groups is 1. The van der Waals surface area contributed by atoms with E-state index in [2.05, 4.69) is 5.32 Å². The molecule has 2 rings (SSSR count). The molecule has 0 unspecified atom stereocenters. The maximum Gasteiger partial charge on any atom is 0.251 e. The highest BCUT2D eigenvalue weighted by Gasteiger charge is 2.24. The van der Waals surface area contributed by atoms with Crippen LogP contribution >= 0.6 is 0 Å². The Morgan fingerprint density at radius 1 is 1.35 bits per heavy atom. The van der Waals surface area contributed by atoms with Crippen molar-refractivity contribution in [1.82, 2.24) is 5.32 Å². The molecule has 0 bridgehead atoms. The van der Waals surface area contributed by atoms with Crippen molar-refractivity contribution in [3.05, 3.63) is 23.8 Å². The Labute approximate surface area is 119 Å². The van der Waals surface area contributed by atoms with E-state index in [4.69, 9.17) is 5.73 Å². The smallest absolute Gasteiger partial charge is 0.251 e. The summed E-state index contributed by atoms with van der Waals surface area (Å²) >= 11 is 0. The summed E-state index contributed by atoms with van der Waals surface area (Å²) < 4.78 is 0. The second-order valence-corrected chi connectivity index (χ2v) is 5.60. The van der Waals surface area contributed by atoms with Gasteiger partial charge >= 0.3 is 0 Å². The summed E-state index contributed by atoms with van der Waals surface area (Å²) in [5, 5.41) is 12.8. The molecule has 110 valence electrons. The molecular weight excluding hydrogens is 254 g/mol. The molecule has 0 spiro atoms. The van der Waals surface area contributed by atoms with Crippen LogP contribution in [0.2, 0.25) is 0 Å². The third kappa shape index (κ3) is 3.22. The van der Waals surface area contributed by atoms with Crippen LogP contribution in [0.4, 0.5) is 11.4 Å². The van der Waals surface area contributed by atoms with Gasteiger partial charge in [-0.25, -0.2) is 0 Å². The molecule has 5 heteroatoms. The number of carbonyl (C=O) groups excluding carboxylic acids is 1. The zero-order valence-electron chi connectivity index (χ0n) is 12.1. The van der Waals surface area contributed by atoms with Gasteiger partial charge in [-0.05, 0) is 31.0 Å². The van der Waals surface area contributed by atoms with E-state index in [0.29, 0.717) is 11.3 Å². The van der Waals surface area contributed by atoms with Crippen molar-refractivity contribution >= 4 is 17.3 Å². The van der Waals surface area contributed by atoms with Crippen molar-refractivity contribution < 1.29 is 9.90 Å². The molecule has 1 aromatic carbocycles. The molecule has 2 atom stereocenters. The molecule has 0 aromatic heterocycles. The zero-order valence-corrected chi connectivity index (χ0v) is 12.1. The summed E-state index contributed by atoms with van der Waals surface area (Å²) in [7, 11) is 3.81. The number of nitrogen functional groups attached to an aromatic ring is 1. The van der Waals surface area contributed by atoms with Crippen molar-refractivity contribution in [2.75, 3.05) is 24.7 Å². The first-order chi connectivity index (χ1) is 9.49. The molecule has 20 heavy (non-hydrogen) atoms. The third-order valence-corrected chi connectivity index (χ3v) is 3.82. The Balaban J connectivity index is 2.07. The van der Waals surface area contributed by atoms with Gasteiger partial charge < -0.3 is 21.1 Å². The standard InChI is InChI=1S/C15H23N3O2/c1-18(2)13-8-7-10(9-11(13)16)15(20)17-12-5-3-4-6-14(12)19/h7-9,12,14,19H,3-6,16H2,1-2H3,(H,17,20)/t12-,14-/m0/s1. The third-order valence-electron chi connectivity index (χ3n) is 3.82. The number of nitrogens with one attached hydrogen (secondary N) is 1. The molecule has 0 saturated heterocycles. The highest BCUT2D eigenvalue weighted by Crippen LogP contribution is 2.23. The number of aliphatic hydroxyl groups is 1. The van der Waals surface area contributed by atoms with Crippen LogP contribution in [0.1, 0.15) is 36.0 Å². The van der Waals surface area contributed by atoms with Gasteiger partial charge in [0.1, 0.15) is 0 Å². The number of hydrogen-bond acceptors (Lipinski definition) is 4. The van der Waals surface area contributed by atoms with E-state index >= 15 is 0 Å². The van der Waals surface area contributed by atoms with Gasteiger partial charge in [0.05, 0.1) is 23.5 Å². The van der Waals surface area contributed by atoms with E-state index in [1.54, 1.807) is 12.1 Å². The van der Waals surface area contributed by atoms with E-state index < -0.39 is 6.10 Å². The van der Waals surface area contributed by atoms with Gasteiger partial charge in [-0.2, -0.15) is 0 Å². The van der Waals surface area contributed by atoms with Crippen molar-refractivity contribution in [3.63, 3.8) is 0 Å². The largest absolute Gasteiger partial charge is 0.397 e. The lowest BCUT2D eigenvalue weighted by Crippen LogP contribution is -2.45. The van der Waals surface area contributed by atoms with E-state index in [9.17, 15) is 9.90 Å². The average Bonchev–Trinajstić information content (AvgIpc) is 2.40. The van der Waals surface area contributed by atoms with E-state index in [1.807, 2.05) is 25.1 Å². The molecule has 1 aliphatic carbocycles. The van der Waals surface area contributed by atoms with Gasteiger partial charge in [-0.15, -0.1) is 0 Å². The summed E-state index contributed by atoms with van der Waals surface area (Å²) in [6, 6.07) is 5.13. The predicted molar refractivity (Wildman–Crippen MR) is 80.9 cm³/mol. The molecule has 1 fully saturated rings. The molecule has 5 nitrogen and oxygen atoms in total. The number of anilines is 2. The van der Waals surface area contributed by atoms with E-state index in [-0.39, 0.29) is 11.9 Å². The summed E-state index contributed by atoms with van der Waals surface area (Å²) in [5.74, 6) is -0.173. The lowest BCUT2D eigenvalue weighted by atomic mass is 9.92. The Morgan fingerprint density at radius 2 is 2.05 bits per heavy atom.